The molecule has 0 aromatic carbocycles. The average molecular weight is 260 g/mol. The van der Waals surface area contributed by atoms with E-state index in [-0.39, 0.29) is 11.2 Å². The van der Waals surface area contributed by atoms with Crippen molar-refractivity contribution in [3.05, 3.63) is 35.8 Å². The van der Waals surface area contributed by atoms with Gasteiger partial charge in [-0.3, -0.25) is 4.79 Å². The van der Waals surface area contributed by atoms with E-state index in [0.717, 1.165) is 25.1 Å². The van der Waals surface area contributed by atoms with Gasteiger partial charge in [-0.15, -0.1) is 0 Å². The second-order valence-corrected chi connectivity index (χ2v) is 6.03. The van der Waals surface area contributed by atoms with E-state index in [0.29, 0.717) is 6.42 Å². The van der Waals surface area contributed by atoms with E-state index >= 15 is 0 Å². The highest BCUT2D eigenvalue weighted by Gasteiger charge is 2.32. The van der Waals surface area contributed by atoms with Crippen LogP contribution in [0.4, 0.5) is 0 Å². The number of rotatable bonds is 3. The fourth-order valence-corrected chi connectivity index (χ4v) is 2.56. The fraction of sp³-hybridized carbons (Fsp3) is 0.562. The first-order valence-electron chi connectivity index (χ1n) is 7.05. The number of carbonyl (C=O) groups is 1. The Kier molecular flexibility index (Phi) is 3.83. The molecule has 0 amide bonds. The average Bonchev–Trinajstić information content (AvgIpc) is 2.39. The molecular formula is C16H24N2O. The predicted octanol–water partition coefficient (Wildman–Crippen LogP) is 2.92. The van der Waals surface area contributed by atoms with Crippen molar-refractivity contribution in [2.75, 3.05) is 20.1 Å². The number of allylic oxidation sites excluding steroid dienone is 2. The second kappa shape index (κ2) is 5.24. The molecule has 3 heteroatoms. The lowest BCUT2D eigenvalue weighted by Crippen LogP contribution is -2.35. The van der Waals surface area contributed by atoms with E-state index in [1.807, 2.05) is 6.92 Å². The zero-order chi connectivity index (χ0) is 14.0. The molecule has 3 nitrogen and oxygen atoms in total. The molecule has 0 radical (unpaired) electrons. The minimum atomic E-state index is -0.000669. The first-order valence-corrected chi connectivity index (χ1v) is 7.05. The van der Waals surface area contributed by atoms with Crippen molar-refractivity contribution < 1.29 is 4.79 Å². The van der Waals surface area contributed by atoms with Gasteiger partial charge >= 0.3 is 0 Å². The molecule has 0 aromatic heterocycles. The van der Waals surface area contributed by atoms with Gasteiger partial charge in [-0.2, -0.15) is 0 Å². The Balaban J connectivity index is 2.25. The van der Waals surface area contributed by atoms with Gasteiger partial charge in [0.15, 0.2) is 5.78 Å². The number of ketones is 1. The molecule has 0 fully saturated rings. The van der Waals surface area contributed by atoms with Crippen molar-refractivity contribution in [1.29, 1.82) is 0 Å². The van der Waals surface area contributed by atoms with Gasteiger partial charge in [-0.1, -0.05) is 20.8 Å². The van der Waals surface area contributed by atoms with Crippen LogP contribution in [0.15, 0.2) is 35.8 Å². The zero-order valence-electron chi connectivity index (χ0n) is 12.4. The van der Waals surface area contributed by atoms with Gasteiger partial charge < -0.3 is 9.80 Å². The molecule has 19 heavy (non-hydrogen) atoms. The maximum Gasteiger partial charge on any atom is 0.160 e. The molecule has 0 aliphatic carbocycles. The van der Waals surface area contributed by atoms with Crippen LogP contribution in [0, 0.1) is 5.41 Å². The van der Waals surface area contributed by atoms with Crippen LogP contribution in [0.3, 0.4) is 0 Å². The summed E-state index contributed by atoms with van der Waals surface area (Å²) in [5, 5.41) is 0. The molecule has 104 valence electrons. The lowest BCUT2D eigenvalue weighted by molar-refractivity contribution is -0.116. The SMILES string of the molecule is CCC(=O)C1=CN(C2=CCN(C)C=C2)CCC1(C)C. The van der Waals surface area contributed by atoms with Crippen LogP contribution in [0.2, 0.25) is 0 Å². The van der Waals surface area contributed by atoms with E-state index in [2.05, 4.69) is 55.2 Å². The van der Waals surface area contributed by atoms with Crippen molar-refractivity contribution >= 4 is 5.78 Å². The van der Waals surface area contributed by atoms with Crippen molar-refractivity contribution in [3.63, 3.8) is 0 Å². The molecule has 2 aliphatic rings. The van der Waals surface area contributed by atoms with Gasteiger partial charge in [-0.25, -0.2) is 0 Å². The van der Waals surface area contributed by atoms with E-state index in [1.165, 1.54) is 5.70 Å². The summed E-state index contributed by atoms with van der Waals surface area (Å²) in [6.45, 7) is 8.18. The van der Waals surface area contributed by atoms with Crippen LogP contribution >= 0.6 is 0 Å². The van der Waals surface area contributed by atoms with Gasteiger partial charge in [0.25, 0.3) is 0 Å². The Labute approximate surface area is 116 Å². The minimum absolute atomic E-state index is 0.000669. The smallest absolute Gasteiger partial charge is 0.160 e. The molecule has 2 rings (SSSR count). The first kappa shape index (κ1) is 13.9. The van der Waals surface area contributed by atoms with Crippen molar-refractivity contribution in [2.45, 2.75) is 33.6 Å². The standard InChI is InChI=1S/C16H24N2O/c1-5-15(19)14-12-18(11-8-16(14,2)3)13-6-9-17(4)10-7-13/h6-7,9,12H,5,8,10-11H2,1-4H3. The minimum Gasteiger partial charge on any atom is -0.377 e. The van der Waals surface area contributed by atoms with Crippen LogP contribution < -0.4 is 0 Å². The maximum atomic E-state index is 12.1. The summed E-state index contributed by atoms with van der Waals surface area (Å²) < 4.78 is 0. The first-order chi connectivity index (χ1) is 8.94. The molecule has 0 saturated carbocycles. The van der Waals surface area contributed by atoms with E-state index in [4.69, 9.17) is 0 Å². The third-order valence-corrected chi connectivity index (χ3v) is 4.03. The molecule has 0 bridgehead atoms. The van der Waals surface area contributed by atoms with Crippen LogP contribution in [0.1, 0.15) is 33.6 Å². The third kappa shape index (κ3) is 2.91. The number of likely N-dealkylation sites (N-methyl/N-ethyl adjacent to an activating group) is 1. The lowest BCUT2D eigenvalue weighted by atomic mass is 9.77. The Bertz CT molecular complexity index is 457. The summed E-state index contributed by atoms with van der Waals surface area (Å²) in [6, 6.07) is 0. The molecule has 0 atom stereocenters. The van der Waals surface area contributed by atoms with Crippen LogP contribution in [0.5, 0.6) is 0 Å². The van der Waals surface area contributed by atoms with Crippen molar-refractivity contribution in [2.24, 2.45) is 5.41 Å². The number of hydrogen-bond acceptors (Lipinski definition) is 3. The Morgan fingerprint density at radius 1 is 1.42 bits per heavy atom. The number of nitrogens with zero attached hydrogens (tertiary/aromatic N) is 2. The Morgan fingerprint density at radius 3 is 2.74 bits per heavy atom. The quantitative estimate of drug-likeness (QED) is 0.779. The van der Waals surface area contributed by atoms with Crippen molar-refractivity contribution in [1.82, 2.24) is 9.80 Å². The normalized spacial score (nSPS) is 22.1. The molecular weight excluding hydrogens is 236 g/mol. The summed E-state index contributed by atoms with van der Waals surface area (Å²) in [5.41, 5.74) is 2.17. The largest absolute Gasteiger partial charge is 0.377 e. The van der Waals surface area contributed by atoms with Crippen LogP contribution in [-0.2, 0) is 4.79 Å². The third-order valence-electron chi connectivity index (χ3n) is 4.03. The van der Waals surface area contributed by atoms with E-state index < -0.39 is 0 Å². The number of hydrogen-bond donors (Lipinski definition) is 0. The fourth-order valence-electron chi connectivity index (χ4n) is 2.56. The molecule has 2 heterocycles. The Morgan fingerprint density at radius 2 is 2.16 bits per heavy atom. The van der Waals surface area contributed by atoms with E-state index in [1.54, 1.807) is 0 Å². The maximum absolute atomic E-state index is 12.1. The second-order valence-electron chi connectivity index (χ2n) is 6.03. The molecule has 0 N–H and O–H groups in total. The van der Waals surface area contributed by atoms with Crippen LogP contribution in [0.25, 0.3) is 0 Å². The van der Waals surface area contributed by atoms with Gasteiger partial charge in [0, 0.05) is 50.2 Å². The number of Topliss-reactive ketones (excluding diaryl/α,β-unsaturated/α-hetero) is 1. The van der Waals surface area contributed by atoms with Gasteiger partial charge in [0.05, 0.1) is 0 Å². The zero-order valence-corrected chi connectivity index (χ0v) is 12.4. The monoisotopic (exact) mass is 260 g/mol. The van der Waals surface area contributed by atoms with Gasteiger partial charge in [0.1, 0.15) is 0 Å². The van der Waals surface area contributed by atoms with Gasteiger partial charge in [0.2, 0.25) is 0 Å². The lowest BCUT2D eigenvalue weighted by Gasteiger charge is -2.38. The van der Waals surface area contributed by atoms with Crippen LogP contribution in [-0.4, -0.2) is 35.7 Å². The summed E-state index contributed by atoms with van der Waals surface area (Å²) in [6.07, 6.45) is 10.1. The van der Waals surface area contributed by atoms with Crippen molar-refractivity contribution in [3.8, 4) is 0 Å². The highest BCUT2D eigenvalue weighted by molar-refractivity contribution is 5.96. The summed E-state index contributed by atoms with van der Waals surface area (Å²) >= 11 is 0. The molecule has 0 saturated heterocycles. The highest BCUT2D eigenvalue weighted by Crippen LogP contribution is 2.36. The molecule has 0 unspecified atom stereocenters. The topological polar surface area (TPSA) is 23.6 Å². The summed E-state index contributed by atoms with van der Waals surface area (Å²) in [7, 11) is 2.06. The van der Waals surface area contributed by atoms with Gasteiger partial charge in [-0.05, 0) is 24.0 Å². The van der Waals surface area contributed by atoms with E-state index in [9.17, 15) is 4.79 Å². The molecule has 2 aliphatic heterocycles. The molecule has 0 spiro atoms. The molecule has 0 aromatic rings. The predicted molar refractivity (Wildman–Crippen MR) is 78.3 cm³/mol. The highest BCUT2D eigenvalue weighted by atomic mass is 16.1. The Hall–Kier alpha value is -1.51. The summed E-state index contributed by atoms with van der Waals surface area (Å²) in [5.74, 6) is 0.271. The summed E-state index contributed by atoms with van der Waals surface area (Å²) in [4.78, 5) is 16.5. The number of carbonyl (C=O) groups excluding carboxylic acids is 1.